The third kappa shape index (κ3) is 11.8. The molecule has 0 aliphatic carbocycles. The molecular weight excluding hydrogens is 240 g/mol. The fourth-order valence-electron chi connectivity index (χ4n) is 3.16. The van der Waals surface area contributed by atoms with Gasteiger partial charge in [-0.25, -0.2) is 0 Å². The van der Waals surface area contributed by atoms with Crippen LogP contribution in [0.5, 0.6) is 0 Å². The van der Waals surface area contributed by atoms with Crippen molar-refractivity contribution >= 4 is 0 Å². The van der Waals surface area contributed by atoms with E-state index in [0.717, 1.165) is 0 Å². The van der Waals surface area contributed by atoms with Crippen molar-refractivity contribution in [3.05, 3.63) is 0 Å². The fourth-order valence-corrected chi connectivity index (χ4v) is 3.16. The van der Waals surface area contributed by atoms with E-state index in [-0.39, 0.29) is 0 Å². The van der Waals surface area contributed by atoms with Gasteiger partial charge in [0.15, 0.2) is 0 Å². The minimum atomic E-state index is 0.571. The van der Waals surface area contributed by atoms with Gasteiger partial charge in [0, 0.05) is 0 Å². The maximum absolute atomic E-state index is 2.47. The topological polar surface area (TPSA) is 0 Å². The Morgan fingerprint density at radius 1 is 0.450 bits per heavy atom. The minimum Gasteiger partial charge on any atom is -0.0654 e. The molecule has 0 aromatic carbocycles. The second-order valence-corrected chi connectivity index (χ2v) is 8.45. The molecule has 122 valence electrons. The molecule has 0 aliphatic heterocycles. The molecule has 0 fully saturated rings. The predicted octanol–water partition coefficient (Wildman–Crippen LogP) is 7.76. The van der Waals surface area contributed by atoms with Crippen molar-refractivity contribution in [2.24, 2.45) is 10.8 Å². The summed E-state index contributed by atoms with van der Waals surface area (Å²) in [6.07, 6.45) is 16.9. The molecule has 0 rings (SSSR count). The van der Waals surface area contributed by atoms with Gasteiger partial charge in [-0.2, -0.15) is 0 Å². The highest BCUT2D eigenvalue weighted by molar-refractivity contribution is 4.72. The average Bonchev–Trinajstić information content (AvgIpc) is 2.35. The van der Waals surface area contributed by atoms with Crippen molar-refractivity contribution < 1.29 is 0 Å². The van der Waals surface area contributed by atoms with E-state index in [0.29, 0.717) is 10.8 Å². The average molecular weight is 283 g/mol. The summed E-state index contributed by atoms with van der Waals surface area (Å²) in [6, 6.07) is 0. The van der Waals surface area contributed by atoms with E-state index >= 15 is 0 Å². The van der Waals surface area contributed by atoms with Gasteiger partial charge in [-0.15, -0.1) is 0 Å². The number of hydrogen-bond acceptors (Lipinski definition) is 0. The summed E-state index contributed by atoms with van der Waals surface area (Å²) in [5.41, 5.74) is 1.14. The van der Waals surface area contributed by atoms with E-state index in [9.17, 15) is 0 Å². The molecule has 0 amide bonds. The predicted molar refractivity (Wildman–Crippen MR) is 94.3 cm³/mol. The number of rotatable bonds is 13. The lowest BCUT2D eigenvalue weighted by Gasteiger charge is -2.27. The third-order valence-electron chi connectivity index (χ3n) is 4.87. The van der Waals surface area contributed by atoms with Crippen molar-refractivity contribution in [1.29, 1.82) is 0 Å². The lowest BCUT2D eigenvalue weighted by Crippen LogP contribution is -2.13. The lowest BCUT2D eigenvalue weighted by atomic mass is 9.79. The Balaban J connectivity index is 3.71. The maximum atomic E-state index is 2.47. The molecule has 0 unspecified atom stereocenters. The van der Waals surface area contributed by atoms with Crippen LogP contribution in [0.2, 0.25) is 0 Å². The van der Waals surface area contributed by atoms with E-state index in [4.69, 9.17) is 0 Å². The van der Waals surface area contributed by atoms with Crippen LogP contribution < -0.4 is 0 Å². The van der Waals surface area contributed by atoms with Gasteiger partial charge in [0.2, 0.25) is 0 Å². The van der Waals surface area contributed by atoms with Crippen LogP contribution in [-0.4, -0.2) is 0 Å². The minimum absolute atomic E-state index is 0.571. The van der Waals surface area contributed by atoms with Crippen LogP contribution in [0.15, 0.2) is 0 Å². The summed E-state index contributed by atoms with van der Waals surface area (Å²) >= 11 is 0. The molecule has 0 bridgehead atoms. The first-order valence-electron chi connectivity index (χ1n) is 9.33. The Hall–Kier alpha value is 0. The molecule has 20 heavy (non-hydrogen) atoms. The molecular formula is C20H42. The summed E-state index contributed by atoms with van der Waals surface area (Å²) in [6.45, 7) is 14.5. The van der Waals surface area contributed by atoms with Crippen LogP contribution in [0.3, 0.4) is 0 Å². The summed E-state index contributed by atoms with van der Waals surface area (Å²) in [5.74, 6) is 0. The van der Waals surface area contributed by atoms with Gasteiger partial charge in [-0.1, -0.05) is 92.9 Å². The Kier molecular flexibility index (Phi) is 10.7. The molecule has 0 N–H and O–H groups in total. The Labute approximate surface area is 130 Å². The summed E-state index contributed by atoms with van der Waals surface area (Å²) in [4.78, 5) is 0. The second-order valence-electron chi connectivity index (χ2n) is 8.45. The highest BCUT2D eigenvalue weighted by Crippen LogP contribution is 2.33. The van der Waals surface area contributed by atoms with E-state index in [1.165, 1.54) is 77.0 Å². The van der Waals surface area contributed by atoms with Gasteiger partial charge in [0.1, 0.15) is 0 Å². The monoisotopic (exact) mass is 282 g/mol. The zero-order chi connectivity index (χ0) is 15.5. The Morgan fingerprint density at radius 2 is 0.700 bits per heavy atom. The van der Waals surface area contributed by atoms with Crippen LogP contribution in [0.4, 0.5) is 0 Å². The highest BCUT2D eigenvalue weighted by atomic mass is 14.2. The molecule has 0 nitrogen and oxygen atoms in total. The largest absolute Gasteiger partial charge is 0.0654 e. The Bertz CT molecular complexity index is 188. The zero-order valence-electron chi connectivity index (χ0n) is 15.5. The maximum Gasteiger partial charge on any atom is -0.0354 e. The van der Waals surface area contributed by atoms with Crippen molar-refractivity contribution in [2.75, 3.05) is 0 Å². The molecule has 0 heteroatoms. The third-order valence-corrected chi connectivity index (χ3v) is 4.87. The molecule has 0 spiro atoms. The van der Waals surface area contributed by atoms with E-state index in [2.05, 4.69) is 41.5 Å². The van der Waals surface area contributed by atoms with Crippen molar-refractivity contribution in [2.45, 2.75) is 119 Å². The first-order chi connectivity index (χ1) is 9.33. The molecule has 0 saturated heterocycles. The SMILES string of the molecule is CCCCCC(C)(C)CCCCC(C)(C)CCCCC. The normalized spacial score (nSPS) is 12.9. The van der Waals surface area contributed by atoms with Gasteiger partial charge in [0.25, 0.3) is 0 Å². The molecule has 0 aliphatic rings. The van der Waals surface area contributed by atoms with Gasteiger partial charge in [0.05, 0.1) is 0 Å². The van der Waals surface area contributed by atoms with Gasteiger partial charge < -0.3 is 0 Å². The lowest BCUT2D eigenvalue weighted by molar-refractivity contribution is 0.252. The van der Waals surface area contributed by atoms with E-state index < -0.39 is 0 Å². The van der Waals surface area contributed by atoms with Crippen LogP contribution in [0, 0.1) is 10.8 Å². The van der Waals surface area contributed by atoms with Crippen LogP contribution in [-0.2, 0) is 0 Å². The van der Waals surface area contributed by atoms with Crippen molar-refractivity contribution in [3.8, 4) is 0 Å². The first kappa shape index (κ1) is 20.0. The van der Waals surface area contributed by atoms with Crippen LogP contribution >= 0.6 is 0 Å². The number of hydrogen-bond donors (Lipinski definition) is 0. The molecule has 0 aromatic rings. The van der Waals surface area contributed by atoms with Crippen LogP contribution in [0.1, 0.15) is 119 Å². The van der Waals surface area contributed by atoms with E-state index in [1.54, 1.807) is 0 Å². The summed E-state index contributed by atoms with van der Waals surface area (Å²) in [5, 5.41) is 0. The molecule has 0 saturated carbocycles. The van der Waals surface area contributed by atoms with Crippen LogP contribution in [0.25, 0.3) is 0 Å². The number of unbranched alkanes of at least 4 members (excludes halogenated alkanes) is 5. The summed E-state index contributed by atoms with van der Waals surface area (Å²) < 4.78 is 0. The standard InChI is InChI=1S/C20H42/c1-7-9-11-15-19(3,4)17-13-14-18-20(5,6)16-12-10-8-2/h7-18H2,1-6H3. The molecule has 0 radical (unpaired) electrons. The molecule has 0 atom stereocenters. The van der Waals surface area contributed by atoms with Gasteiger partial charge in [-0.3, -0.25) is 0 Å². The van der Waals surface area contributed by atoms with Gasteiger partial charge in [-0.05, 0) is 36.5 Å². The summed E-state index contributed by atoms with van der Waals surface area (Å²) in [7, 11) is 0. The Morgan fingerprint density at radius 3 is 0.950 bits per heavy atom. The smallest absolute Gasteiger partial charge is 0.0354 e. The van der Waals surface area contributed by atoms with Crippen molar-refractivity contribution in [3.63, 3.8) is 0 Å². The zero-order valence-corrected chi connectivity index (χ0v) is 15.5. The second kappa shape index (κ2) is 10.7. The van der Waals surface area contributed by atoms with E-state index in [1.807, 2.05) is 0 Å². The van der Waals surface area contributed by atoms with Crippen molar-refractivity contribution in [1.82, 2.24) is 0 Å². The quantitative estimate of drug-likeness (QED) is 0.303. The fraction of sp³-hybridized carbons (Fsp3) is 1.00. The van der Waals surface area contributed by atoms with Gasteiger partial charge >= 0.3 is 0 Å². The molecule has 0 aromatic heterocycles. The molecule has 0 heterocycles. The highest BCUT2D eigenvalue weighted by Gasteiger charge is 2.19. The first-order valence-corrected chi connectivity index (χ1v) is 9.33.